The van der Waals surface area contributed by atoms with Crippen LogP contribution in [0.15, 0.2) is 29.8 Å². The average Bonchev–Trinajstić information content (AvgIpc) is 2.35. The zero-order valence-corrected chi connectivity index (χ0v) is 9.64. The van der Waals surface area contributed by atoms with E-state index >= 15 is 0 Å². The SMILES string of the molecule is CN(C)C(=O)c1ccccc1C=C(C#N)C#N. The Labute approximate surface area is 100 Å². The molecule has 0 spiro atoms. The number of allylic oxidation sites excluding steroid dienone is 1. The Morgan fingerprint density at radius 3 is 2.35 bits per heavy atom. The van der Waals surface area contributed by atoms with E-state index in [0.29, 0.717) is 11.1 Å². The monoisotopic (exact) mass is 225 g/mol. The van der Waals surface area contributed by atoms with Crippen molar-refractivity contribution < 1.29 is 4.79 Å². The molecule has 0 radical (unpaired) electrons. The number of amides is 1. The number of carbonyl (C=O) groups is 1. The Morgan fingerprint density at radius 2 is 1.82 bits per heavy atom. The van der Waals surface area contributed by atoms with Crippen LogP contribution in [0, 0.1) is 22.7 Å². The highest BCUT2D eigenvalue weighted by Crippen LogP contribution is 2.14. The van der Waals surface area contributed by atoms with Crippen LogP contribution < -0.4 is 0 Å². The van der Waals surface area contributed by atoms with E-state index in [0.717, 1.165) is 0 Å². The lowest BCUT2D eigenvalue weighted by Crippen LogP contribution is -2.22. The van der Waals surface area contributed by atoms with E-state index in [1.165, 1.54) is 11.0 Å². The third-order valence-corrected chi connectivity index (χ3v) is 2.14. The normalized spacial score (nSPS) is 8.71. The molecule has 1 rings (SSSR count). The quantitative estimate of drug-likeness (QED) is 0.721. The molecule has 4 heteroatoms. The fourth-order valence-electron chi connectivity index (χ4n) is 1.30. The van der Waals surface area contributed by atoms with Crippen molar-refractivity contribution in [1.82, 2.24) is 4.90 Å². The standard InChI is InChI=1S/C13H11N3O/c1-16(2)13(17)12-6-4-3-5-11(12)7-10(8-14)9-15/h3-7H,1-2H3. The van der Waals surface area contributed by atoms with Crippen LogP contribution in [0.4, 0.5) is 0 Å². The largest absolute Gasteiger partial charge is 0.345 e. The Morgan fingerprint density at radius 1 is 1.24 bits per heavy atom. The Hall–Kier alpha value is -2.59. The van der Waals surface area contributed by atoms with Crippen molar-refractivity contribution >= 4 is 12.0 Å². The molecule has 0 fully saturated rings. The second-order valence-corrected chi connectivity index (χ2v) is 3.57. The lowest BCUT2D eigenvalue weighted by molar-refractivity contribution is 0.0827. The molecule has 4 nitrogen and oxygen atoms in total. The van der Waals surface area contributed by atoms with Gasteiger partial charge in [-0.15, -0.1) is 0 Å². The Balaban J connectivity index is 3.29. The second-order valence-electron chi connectivity index (χ2n) is 3.57. The summed E-state index contributed by atoms with van der Waals surface area (Å²) in [6.45, 7) is 0. The lowest BCUT2D eigenvalue weighted by atomic mass is 10.0. The molecule has 0 heterocycles. The maximum Gasteiger partial charge on any atom is 0.253 e. The van der Waals surface area contributed by atoms with Crippen LogP contribution >= 0.6 is 0 Å². The summed E-state index contributed by atoms with van der Waals surface area (Å²) in [6, 6.07) is 10.4. The van der Waals surface area contributed by atoms with E-state index in [9.17, 15) is 4.79 Å². The molecule has 0 aliphatic rings. The van der Waals surface area contributed by atoms with E-state index in [-0.39, 0.29) is 11.5 Å². The van der Waals surface area contributed by atoms with Gasteiger partial charge in [-0.05, 0) is 17.7 Å². The third-order valence-electron chi connectivity index (χ3n) is 2.14. The summed E-state index contributed by atoms with van der Waals surface area (Å²) in [4.78, 5) is 13.3. The number of hydrogen-bond donors (Lipinski definition) is 0. The summed E-state index contributed by atoms with van der Waals surface area (Å²) in [6.07, 6.45) is 1.41. The molecule has 1 aromatic carbocycles. The van der Waals surface area contributed by atoms with Gasteiger partial charge in [0.2, 0.25) is 0 Å². The van der Waals surface area contributed by atoms with Gasteiger partial charge in [-0.25, -0.2) is 0 Å². The predicted octanol–water partition coefficient (Wildman–Crippen LogP) is 1.82. The fraction of sp³-hybridized carbons (Fsp3) is 0.154. The van der Waals surface area contributed by atoms with Crippen molar-refractivity contribution in [3.05, 3.63) is 41.0 Å². The van der Waals surface area contributed by atoms with Crippen LogP contribution in [-0.2, 0) is 0 Å². The second kappa shape index (κ2) is 5.48. The molecule has 1 amide bonds. The van der Waals surface area contributed by atoms with Crippen LogP contribution in [0.5, 0.6) is 0 Å². The number of nitriles is 2. The maximum absolute atomic E-state index is 11.9. The van der Waals surface area contributed by atoms with Crippen LogP contribution in [0.1, 0.15) is 15.9 Å². The minimum Gasteiger partial charge on any atom is -0.345 e. The molecule has 0 unspecified atom stereocenters. The summed E-state index contributed by atoms with van der Waals surface area (Å²) < 4.78 is 0. The van der Waals surface area contributed by atoms with Crippen LogP contribution in [0.3, 0.4) is 0 Å². The number of benzene rings is 1. The van der Waals surface area contributed by atoms with Crippen LogP contribution in [0.25, 0.3) is 6.08 Å². The molecule has 0 N–H and O–H groups in total. The number of rotatable bonds is 2. The maximum atomic E-state index is 11.9. The number of carbonyl (C=O) groups excluding carboxylic acids is 1. The first kappa shape index (κ1) is 12.5. The van der Waals surface area contributed by atoms with E-state index < -0.39 is 0 Å². The molecule has 17 heavy (non-hydrogen) atoms. The molecule has 84 valence electrons. The van der Waals surface area contributed by atoms with E-state index in [1.54, 1.807) is 50.5 Å². The lowest BCUT2D eigenvalue weighted by Gasteiger charge is -2.12. The van der Waals surface area contributed by atoms with Crippen molar-refractivity contribution in [3.8, 4) is 12.1 Å². The van der Waals surface area contributed by atoms with Crippen molar-refractivity contribution in [2.45, 2.75) is 0 Å². The first-order chi connectivity index (χ1) is 8.10. The molecule has 0 atom stereocenters. The van der Waals surface area contributed by atoms with Gasteiger partial charge >= 0.3 is 0 Å². The summed E-state index contributed by atoms with van der Waals surface area (Å²) in [5.74, 6) is -0.160. The van der Waals surface area contributed by atoms with E-state index in [1.807, 2.05) is 0 Å². The summed E-state index contributed by atoms with van der Waals surface area (Å²) in [5, 5.41) is 17.4. The van der Waals surface area contributed by atoms with Gasteiger partial charge in [0.15, 0.2) is 0 Å². The molecule has 0 aliphatic carbocycles. The van der Waals surface area contributed by atoms with Gasteiger partial charge in [0.1, 0.15) is 17.7 Å². The predicted molar refractivity (Wildman–Crippen MR) is 63.7 cm³/mol. The average molecular weight is 225 g/mol. The molecular weight excluding hydrogens is 214 g/mol. The summed E-state index contributed by atoms with van der Waals surface area (Å²) in [5.41, 5.74) is 1.02. The molecule has 0 bridgehead atoms. The van der Waals surface area contributed by atoms with Gasteiger partial charge in [-0.1, -0.05) is 18.2 Å². The van der Waals surface area contributed by atoms with Gasteiger partial charge < -0.3 is 4.90 Å². The first-order valence-corrected chi connectivity index (χ1v) is 4.92. The van der Waals surface area contributed by atoms with E-state index in [2.05, 4.69) is 0 Å². The molecule has 0 saturated heterocycles. The Bertz CT molecular complexity index is 529. The molecule has 0 aliphatic heterocycles. The van der Waals surface area contributed by atoms with Gasteiger partial charge in [0.05, 0.1) is 0 Å². The molecule has 0 aromatic heterocycles. The van der Waals surface area contributed by atoms with Gasteiger partial charge in [0, 0.05) is 19.7 Å². The van der Waals surface area contributed by atoms with Crippen LogP contribution in [-0.4, -0.2) is 24.9 Å². The minimum absolute atomic E-state index is 0.0241. The zero-order chi connectivity index (χ0) is 12.8. The van der Waals surface area contributed by atoms with Crippen molar-refractivity contribution in [2.24, 2.45) is 0 Å². The van der Waals surface area contributed by atoms with Crippen molar-refractivity contribution in [3.63, 3.8) is 0 Å². The minimum atomic E-state index is -0.160. The Kier molecular flexibility index (Phi) is 4.02. The highest BCUT2D eigenvalue weighted by molar-refractivity contribution is 5.97. The first-order valence-electron chi connectivity index (χ1n) is 4.92. The van der Waals surface area contributed by atoms with Gasteiger partial charge in [-0.3, -0.25) is 4.79 Å². The smallest absolute Gasteiger partial charge is 0.253 e. The fourth-order valence-corrected chi connectivity index (χ4v) is 1.30. The molecule has 0 saturated carbocycles. The number of nitrogens with zero attached hydrogens (tertiary/aromatic N) is 3. The van der Waals surface area contributed by atoms with Crippen molar-refractivity contribution in [1.29, 1.82) is 10.5 Å². The molecular formula is C13H11N3O. The summed E-state index contributed by atoms with van der Waals surface area (Å²) >= 11 is 0. The highest BCUT2D eigenvalue weighted by atomic mass is 16.2. The van der Waals surface area contributed by atoms with Gasteiger partial charge in [-0.2, -0.15) is 10.5 Å². The molecule has 1 aromatic rings. The number of hydrogen-bond acceptors (Lipinski definition) is 3. The summed E-state index contributed by atoms with van der Waals surface area (Å²) in [7, 11) is 3.30. The van der Waals surface area contributed by atoms with E-state index in [4.69, 9.17) is 10.5 Å². The van der Waals surface area contributed by atoms with Crippen LogP contribution in [0.2, 0.25) is 0 Å². The topological polar surface area (TPSA) is 67.9 Å². The third kappa shape index (κ3) is 2.93. The van der Waals surface area contributed by atoms with Gasteiger partial charge in [0.25, 0.3) is 5.91 Å². The van der Waals surface area contributed by atoms with Crippen molar-refractivity contribution in [2.75, 3.05) is 14.1 Å². The zero-order valence-electron chi connectivity index (χ0n) is 9.64. The highest BCUT2D eigenvalue weighted by Gasteiger charge is 2.11.